The molecule has 0 aliphatic rings. The van der Waals surface area contributed by atoms with Crippen LogP contribution < -0.4 is 5.32 Å². The molecule has 4 aromatic rings. The van der Waals surface area contributed by atoms with Crippen molar-refractivity contribution in [3.05, 3.63) is 88.4 Å². The monoisotopic (exact) mass is 452 g/mol. The molecule has 3 aromatic carbocycles. The van der Waals surface area contributed by atoms with E-state index in [1.165, 1.54) is 24.3 Å². The van der Waals surface area contributed by atoms with Gasteiger partial charge in [-0.25, -0.2) is 8.42 Å². The summed E-state index contributed by atoms with van der Waals surface area (Å²) in [6.07, 6.45) is 0. The molecule has 1 N–H and O–H groups in total. The Labute approximate surface area is 186 Å². The van der Waals surface area contributed by atoms with Crippen molar-refractivity contribution in [1.29, 1.82) is 0 Å². The smallest absolute Gasteiger partial charge is 0.238 e. The summed E-state index contributed by atoms with van der Waals surface area (Å²) in [7, 11) is -3.95. The van der Waals surface area contributed by atoms with Crippen LogP contribution in [-0.2, 0) is 9.84 Å². The lowest BCUT2D eigenvalue weighted by molar-refractivity contribution is 0.582. The van der Waals surface area contributed by atoms with Gasteiger partial charge in [0.1, 0.15) is 0 Å². The summed E-state index contributed by atoms with van der Waals surface area (Å²) >= 11 is 5.93. The van der Waals surface area contributed by atoms with Gasteiger partial charge in [0, 0.05) is 16.3 Å². The second-order valence-electron chi connectivity index (χ2n) is 7.48. The first kappa shape index (κ1) is 21.2. The molecule has 0 aliphatic carbocycles. The van der Waals surface area contributed by atoms with E-state index in [2.05, 4.69) is 10.3 Å². The fourth-order valence-corrected chi connectivity index (χ4v) is 4.76. The molecule has 0 bridgehead atoms. The quantitative estimate of drug-likeness (QED) is 0.374. The lowest BCUT2D eigenvalue weighted by Gasteiger charge is -2.08. The third-order valence-corrected chi connectivity index (χ3v) is 6.65. The zero-order valence-electron chi connectivity index (χ0n) is 17.3. The standard InChI is InChI=1S/C24H21ClN2O3S/c1-15-5-4-6-18(12-15)22-27-24(31(28,29)21-9-7-19(25)8-10-21)23(30-22)26-20-13-16(2)11-17(3)14-20/h4-14,26H,1-3H3. The van der Waals surface area contributed by atoms with Crippen LogP contribution in [0.2, 0.25) is 5.02 Å². The van der Waals surface area contributed by atoms with Crippen molar-refractivity contribution in [2.24, 2.45) is 0 Å². The van der Waals surface area contributed by atoms with Gasteiger partial charge in [-0.05, 0) is 80.4 Å². The summed E-state index contributed by atoms with van der Waals surface area (Å²) in [5, 5.41) is 3.39. The molecule has 0 amide bonds. The van der Waals surface area contributed by atoms with Gasteiger partial charge in [0.05, 0.1) is 4.90 Å². The second-order valence-corrected chi connectivity index (χ2v) is 9.78. The Balaban J connectivity index is 1.86. The number of nitrogens with one attached hydrogen (secondary N) is 1. The molecule has 1 heterocycles. The molecule has 0 radical (unpaired) electrons. The number of aryl methyl sites for hydroxylation is 3. The molecule has 0 unspecified atom stereocenters. The van der Waals surface area contributed by atoms with Crippen molar-refractivity contribution in [1.82, 2.24) is 4.98 Å². The van der Waals surface area contributed by atoms with E-state index >= 15 is 0 Å². The van der Waals surface area contributed by atoms with Gasteiger partial charge >= 0.3 is 0 Å². The average Bonchev–Trinajstić information content (AvgIpc) is 3.12. The number of benzene rings is 3. The number of rotatable bonds is 5. The van der Waals surface area contributed by atoms with E-state index in [1.807, 2.05) is 63.2 Å². The largest absolute Gasteiger partial charge is 0.419 e. The maximum Gasteiger partial charge on any atom is 0.238 e. The van der Waals surface area contributed by atoms with Gasteiger partial charge in [0.2, 0.25) is 26.6 Å². The Morgan fingerprint density at radius 2 is 1.55 bits per heavy atom. The molecule has 5 nitrogen and oxygen atoms in total. The van der Waals surface area contributed by atoms with Crippen molar-refractivity contribution in [3.63, 3.8) is 0 Å². The Bertz CT molecular complexity index is 1340. The van der Waals surface area contributed by atoms with Crippen LogP contribution in [0.15, 0.2) is 81.1 Å². The van der Waals surface area contributed by atoms with Gasteiger partial charge in [-0.2, -0.15) is 4.98 Å². The van der Waals surface area contributed by atoms with Crippen LogP contribution in [0, 0.1) is 20.8 Å². The van der Waals surface area contributed by atoms with Gasteiger partial charge in [-0.3, -0.25) is 0 Å². The van der Waals surface area contributed by atoms with Crippen LogP contribution in [0.25, 0.3) is 11.5 Å². The van der Waals surface area contributed by atoms with Crippen LogP contribution in [0.5, 0.6) is 0 Å². The van der Waals surface area contributed by atoms with Gasteiger partial charge in [-0.15, -0.1) is 0 Å². The molecular weight excluding hydrogens is 432 g/mol. The first-order valence-electron chi connectivity index (χ1n) is 9.66. The van der Waals surface area contributed by atoms with E-state index in [-0.39, 0.29) is 21.7 Å². The molecule has 31 heavy (non-hydrogen) atoms. The number of aromatic nitrogens is 1. The highest BCUT2D eigenvalue weighted by Gasteiger charge is 2.29. The minimum absolute atomic E-state index is 0.0662. The fraction of sp³-hybridized carbons (Fsp3) is 0.125. The molecule has 0 fully saturated rings. The summed E-state index contributed by atoms with van der Waals surface area (Å²) in [6, 6.07) is 19.4. The van der Waals surface area contributed by atoms with Gasteiger partial charge in [0.25, 0.3) is 0 Å². The molecule has 4 rings (SSSR count). The number of nitrogens with zero attached hydrogens (tertiary/aromatic N) is 1. The minimum atomic E-state index is -3.95. The molecular formula is C24H21ClN2O3S. The third-order valence-electron chi connectivity index (χ3n) is 4.72. The molecule has 0 atom stereocenters. The summed E-state index contributed by atoms with van der Waals surface area (Å²) in [5.41, 5.74) is 4.52. The predicted octanol–water partition coefficient (Wildman–Crippen LogP) is 6.50. The Morgan fingerprint density at radius 3 is 2.19 bits per heavy atom. The second kappa shape index (κ2) is 8.21. The number of hydrogen-bond donors (Lipinski definition) is 1. The number of hydrogen-bond acceptors (Lipinski definition) is 5. The van der Waals surface area contributed by atoms with E-state index in [9.17, 15) is 8.42 Å². The maximum absolute atomic E-state index is 13.4. The van der Waals surface area contributed by atoms with Crippen LogP contribution in [0.4, 0.5) is 11.6 Å². The average molecular weight is 453 g/mol. The SMILES string of the molecule is Cc1cc(C)cc(Nc2oc(-c3cccc(C)c3)nc2S(=O)(=O)c2ccc(Cl)cc2)c1. The predicted molar refractivity (Wildman–Crippen MR) is 123 cm³/mol. The van der Waals surface area contributed by atoms with E-state index in [1.54, 1.807) is 0 Å². The van der Waals surface area contributed by atoms with E-state index in [4.69, 9.17) is 16.0 Å². The van der Waals surface area contributed by atoms with Crippen molar-refractivity contribution < 1.29 is 12.8 Å². The molecule has 1 aromatic heterocycles. The van der Waals surface area contributed by atoms with E-state index in [0.717, 1.165) is 22.4 Å². The summed E-state index contributed by atoms with van der Waals surface area (Å²) in [6.45, 7) is 5.90. The van der Waals surface area contributed by atoms with Gasteiger partial charge < -0.3 is 9.73 Å². The summed E-state index contributed by atoms with van der Waals surface area (Å²) in [4.78, 5) is 4.47. The zero-order chi connectivity index (χ0) is 22.2. The highest BCUT2D eigenvalue weighted by Crippen LogP contribution is 2.35. The molecule has 0 aliphatic heterocycles. The highest BCUT2D eigenvalue weighted by atomic mass is 35.5. The van der Waals surface area contributed by atoms with Crippen molar-refractivity contribution >= 4 is 33.0 Å². The zero-order valence-corrected chi connectivity index (χ0v) is 18.9. The molecule has 0 spiro atoms. The first-order chi connectivity index (χ1) is 14.7. The number of halogens is 1. The molecule has 158 valence electrons. The minimum Gasteiger partial charge on any atom is -0.419 e. The fourth-order valence-electron chi connectivity index (χ4n) is 3.37. The number of anilines is 2. The van der Waals surface area contributed by atoms with Crippen molar-refractivity contribution in [2.45, 2.75) is 30.7 Å². The lowest BCUT2D eigenvalue weighted by atomic mass is 10.1. The Hall–Kier alpha value is -3.09. The summed E-state index contributed by atoms with van der Waals surface area (Å²) in [5.74, 6) is 0.291. The van der Waals surface area contributed by atoms with Gasteiger partial charge in [0.15, 0.2) is 0 Å². The number of sulfone groups is 1. The van der Waals surface area contributed by atoms with Crippen LogP contribution in [0.3, 0.4) is 0 Å². The van der Waals surface area contributed by atoms with Crippen LogP contribution >= 0.6 is 11.6 Å². The molecule has 0 saturated carbocycles. The van der Waals surface area contributed by atoms with Crippen LogP contribution in [-0.4, -0.2) is 13.4 Å². The topological polar surface area (TPSA) is 72.2 Å². The highest BCUT2D eigenvalue weighted by molar-refractivity contribution is 7.91. The summed E-state index contributed by atoms with van der Waals surface area (Å²) < 4.78 is 32.7. The first-order valence-corrected chi connectivity index (χ1v) is 11.5. The Morgan fingerprint density at radius 1 is 0.871 bits per heavy atom. The third kappa shape index (κ3) is 4.50. The van der Waals surface area contributed by atoms with E-state index in [0.29, 0.717) is 10.6 Å². The van der Waals surface area contributed by atoms with Crippen molar-refractivity contribution in [3.8, 4) is 11.5 Å². The van der Waals surface area contributed by atoms with Crippen molar-refractivity contribution in [2.75, 3.05) is 5.32 Å². The van der Waals surface area contributed by atoms with Crippen LogP contribution in [0.1, 0.15) is 16.7 Å². The maximum atomic E-state index is 13.4. The number of oxazole rings is 1. The molecule has 7 heteroatoms. The van der Waals surface area contributed by atoms with Gasteiger partial charge in [-0.1, -0.05) is 35.4 Å². The lowest BCUT2D eigenvalue weighted by Crippen LogP contribution is -2.05. The normalized spacial score (nSPS) is 11.5. The Kier molecular flexibility index (Phi) is 5.60. The van der Waals surface area contributed by atoms with E-state index < -0.39 is 9.84 Å². The molecule has 0 saturated heterocycles.